The highest BCUT2D eigenvalue weighted by Gasteiger charge is 2.16. The van der Waals surface area contributed by atoms with Crippen LogP contribution in [-0.2, 0) is 21.4 Å². The second-order valence-electron chi connectivity index (χ2n) is 6.73. The van der Waals surface area contributed by atoms with Crippen LogP contribution in [0.5, 0.6) is 0 Å². The monoisotopic (exact) mass is 507 g/mol. The van der Waals surface area contributed by atoms with Gasteiger partial charge in [0.05, 0.1) is 30.8 Å². The first-order valence-corrected chi connectivity index (χ1v) is 12.2. The first kappa shape index (κ1) is 22.3. The van der Waals surface area contributed by atoms with Crippen LogP contribution < -0.4 is 14.9 Å². The summed E-state index contributed by atoms with van der Waals surface area (Å²) in [5.74, 6) is -0.403. The topological polar surface area (TPSA) is 97.3 Å². The van der Waals surface area contributed by atoms with Crippen molar-refractivity contribution in [3.63, 3.8) is 0 Å². The molecule has 1 aromatic heterocycles. The molecule has 4 rings (SSSR count). The van der Waals surface area contributed by atoms with E-state index in [4.69, 9.17) is 23.2 Å². The van der Waals surface area contributed by atoms with Gasteiger partial charge >= 0.3 is 4.87 Å². The lowest BCUT2D eigenvalue weighted by molar-refractivity contribution is -0.116. The van der Waals surface area contributed by atoms with Gasteiger partial charge in [-0.15, -0.1) is 0 Å². The van der Waals surface area contributed by atoms with E-state index in [1.807, 2.05) is 12.1 Å². The third-order valence-electron chi connectivity index (χ3n) is 4.50. The fraction of sp³-hybridized carbons (Fsp3) is 0.0476. The summed E-state index contributed by atoms with van der Waals surface area (Å²) in [6.45, 7) is -0.151. The minimum Gasteiger partial charge on any atom is -0.325 e. The number of aromatic nitrogens is 1. The number of fused-ring (bicyclic) bond motifs is 1. The molecule has 0 spiro atoms. The van der Waals surface area contributed by atoms with E-state index < -0.39 is 15.9 Å². The highest BCUT2D eigenvalue weighted by molar-refractivity contribution is 7.92. The van der Waals surface area contributed by atoms with Crippen molar-refractivity contribution in [2.24, 2.45) is 0 Å². The van der Waals surface area contributed by atoms with E-state index in [9.17, 15) is 18.0 Å². The number of anilines is 2. The van der Waals surface area contributed by atoms with Gasteiger partial charge in [0.25, 0.3) is 10.0 Å². The Morgan fingerprint density at radius 1 is 0.938 bits per heavy atom. The van der Waals surface area contributed by atoms with Crippen molar-refractivity contribution in [1.82, 2.24) is 4.57 Å². The first-order chi connectivity index (χ1) is 15.2. The summed E-state index contributed by atoms with van der Waals surface area (Å²) in [4.78, 5) is 24.4. The molecular weight excluding hydrogens is 493 g/mol. The minimum absolute atomic E-state index is 0.00150. The molecule has 0 aliphatic heterocycles. The maximum Gasteiger partial charge on any atom is 0.308 e. The molecule has 7 nitrogen and oxygen atoms in total. The fourth-order valence-electron chi connectivity index (χ4n) is 3.00. The number of nitrogens with one attached hydrogen (secondary N) is 2. The zero-order chi connectivity index (χ0) is 22.9. The Morgan fingerprint density at radius 3 is 2.34 bits per heavy atom. The Kier molecular flexibility index (Phi) is 6.25. The Labute approximate surface area is 197 Å². The van der Waals surface area contributed by atoms with Crippen molar-refractivity contribution < 1.29 is 13.2 Å². The smallest absolute Gasteiger partial charge is 0.308 e. The van der Waals surface area contributed by atoms with Gasteiger partial charge in [-0.25, -0.2) is 8.42 Å². The van der Waals surface area contributed by atoms with Gasteiger partial charge in [0.2, 0.25) is 5.91 Å². The van der Waals surface area contributed by atoms with Gasteiger partial charge in [-0.2, -0.15) is 0 Å². The van der Waals surface area contributed by atoms with E-state index in [0.29, 0.717) is 16.2 Å². The van der Waals surface area contributed by atoms with Crippen molar-refractivity contribution >= 4 is 72.1 Å². The molecule has 164 valence electrons. The number of halogens is 2. The molecule has 2 N–H and O–H groups in total. The van der Waals surface area contributed by atoms with Crippen molar-refractivity contribution in [3.05, 3.63) is 86.4 Å². The molecule has 0 aliphatic rings. The van der Waals surface area contributed by atoms with Crippen molar-refractivity contribution in [2.75, 3.05) is 10.0 Å². The Balaban J connectivity index is 1.46. The minimum atomic E-state index is -3.87. The quantitative estimate of drug-likeness (QED) is 0.391. The van der Waals surface area contributed by atoms with Crippen LogP contribution in [0.15, 0.2) is 76.4 Å². The molecule has 0 fully saturated rings. The van der Waals surface area contributed by atoms with E-state index in [2.05, 4.69) is 10.0 Å². The molecule has 32 heavy (non-hydrogen) atoms. The summed E-state index contributed by atoms with van der Waals surface area (Å²) < 4.78 is 29.8. The van der Waals surface area contributed by atoms with E-state index >= 15 is 0 Å². The molecule has 11 heteroatoms. The number of carbonyl (C=O) groups excluding carboxylic acids is 1. The van der Waals surface area contributed by atoms with Crippen molar-refractivity contribution in [2.45, 2.75) is 11.4 Å². The average molecular weight is 508 g/mol. The lowest BCUT2D eigenvalue weighted by Gasteiger charge is -2.10. The van der Waals surface area contributed by atoms with E-state index in [1.54, 1.807) is 12.1 Å². The Morgan fingerprint density at radius 2 is 1.62 bits per heavy atom. The number of para-hydroxylation sites is 1. The van der Waals surface area contributed by atoms with Gasteiger partial charge in [-0.3, -0.25) is 18.9 Å². The lowest BCUT2D eigenvalue weighted by Crippen LogP contribution is -2.24. The molecular formula is C21H15Cl2N3O4S2. The van der Waals surface area contributed by atoms with E-state index in [0.717, 1.165) is 16.0 Å². The number of carbonyl (C=O) groups is 1. The molecule has 0 bridgehead atoms. The number of hydrogen-bond donors (Lipinski definition) is 2. The number of hydrogen-bond acceptors (Lipinski definition) is 5. The molecule has 1 amide bonds. The number of amides is 1. The molecule has 3 aromatic carbocycles. The maximum absolute atomic E-state index is 12.6. The summed E-state index contributed by atoms with van der Waals surface area (Å²) >= 11 is 12.8. The third kappa shape index (κ3) is 4.81. The highest BCUT2D eigenvalue weighted by Crippen LogP contribution is 2.27. The normalized spacial score (nSPS) is 11.4. The van der Waals surface area contributed by atoms with E-state index in [1.165, 1.54) is 47.0 Å². The molecule has 0 atom stereocenters. The maximum atomic E-state index is 12.6. The average Bonchev–Trinajstić information content (AvgIpc) is 3.06. The third-order valence-corrected chi connectivity index (χ3v) is 7.59. The van der Waals surface area contributed by atoms with Gasteiger partial charge in [0, 0.05) is 5.69 Å². The van der Waals surface area contributed by atoms with Crippen molar-refractivity contribution in [3.8, 4) is 0 Å². The van der Waals surface area contributed by atoms with Gasteiger partial charge in [0.1, 0.15) is 6.54 Å². The van der Waals surface area contributed by atoms with E-state index in [-0.39, 0.29) is 27.0 Å². The van der Waals surface area contributed by atoms with Crippen LogP contribution in [0.4, 0.5) is 11.4 Å². The van der Waals surface area contributed by atoms with Crippen LogP contribution in [0.25, 0.3) is 10.2 Å². The van der Waals surface area contributed by atoms with Gasteiger partial charge < -0.3 is 5.32 Å². The van der Waals surface area contributed by atoms with Crippen molar-refractivity contribution in [1.29, 1.82) is 0 Å². The number of thiazole rings is 1. The molecule has 0 saturated carbocycles. The lowest BCUT2D eigenvalue weighted by atomic mass is 10.3. The van der Waals surface area contributed by atoms with Crippen LogP contribution in [0.3, 0.4) is 0 Å². The molecule has 0 aliphatic carbocycles. The highest BCUT2D eigenvalue weighted by atomic mass is 35.5. The number of sulfonamides is 1. The van der Waals surface area contributed by atoms with Gasteiger partial charge in [-0.05, 0) is 54.6 Å². The second-order valence-corrected chi connectivity index (χ2v) is 10.2. The number of benzene rings is 3. The standard InChI is InChI=1S/C21H15Cl2N3O4S2/c22-16-10-7-14(11-17(16)23)25-32(29,30)15-8-5-13(6-9-15)24-20(27)12-26-18-3-1-2-4-19(18)31-21(26)28/h1-11,25H,12H2,(H,24,27). The molecule has 0 radical (unpaired) electrons. The summed E-state index contributed by atoms with van der Waals surface area (Å²) in [5, 5.41) is 3.21. The van der Waals surface area contributed by atoms with Crippen LogP contribution in [-0.4, -0.2) is 18.9 Å². The Hall–Kier alpha value is -2.85. The molecule has 4 aromatic rings. The molecule has 0 saturated heterocycles. The van der Waals surface area contributed by atoms with Crippen LogP contribution in [0, 0.1) is 0 Å². The second kappa shape index (κ2) is 8.95. The summed E-state index contributed by atoms with van der Waals surface area (Å²) in [6, 6.07) is 17.3. The fourth-order valence-corrected chi connectivity index (χ4v) is 5.24. The van der Waals surface area contributed by atoms with Crippen LogP contribution in [0.1, 0.15) is 0 Å². The van der Waals surface area contributed by atoms with Gasteiger partial charge in [0.15, 0.2) is 0 Å². The first-order valence-electron chi connectivity index (χ1n) is 9.19. The molecule has 1 heterocycles. The van der Waals surface area contributed by atoms with Crippen LogP contribution >= 0.6 is 34.5 Å². The van der Waals surface area contributed by atoms with Crippen LogP contribution in [0.2, 0.25) is 10.0 Å². The largest absolute Gasteiger partial charge is 0.325 e. The SMILES string of the molecule is O=C(Cn1c(=O)sc2ccccc21)Nc1ccc(S(=O)(=O)Nc2ccc(Cl)c(Cl)c2)cc1. The zero-order valence-corrected chi connectivity index (χ0v) is 19.4. The summed E-state index contributed by atoms with van der Waals surface area (Å²) in [7, 11) is -3.87. The predicted molar refractivity (Wildman–Crippen MR) is 128 cm³/mol. The number of nitrogens with zero attached hydrogens (tertiary/aromatic N) is 1. The summed E-state index contributed by atoms with van der Waals surface area (Å²) in [6.07, 6.45) is 0. The zero-order valence-electron chi connectivity index (χ0n) is 16.2. The predicted octanol–water partition coefficient (Wildman–Crippen LogP) is 4.81. The van der Waals surface area contributed by atoms with Gasteiger partial charge in [-0.1, -0.05) is 46.7 Å². The number of rotatable bonds is 6. The summed E-state index contributed by atoms with van der Waals surface area (Å²) in [5.41, 5.74) is 1.36. The molecule has 0 unspecified atom stereocenters. The Bertz CT molecular complexity index is 1480.